The first-order valence-electron chi connectivity index (χ1n) is 6.85. The molecule has 1 aromatic heterocycles. The SMILES string of the molecule is CC1=CN(C(N)=O)C(=O)C1=Cc1ccc(-c2ccc(Cl)cc2)o1. The third-order valence-corrected chi connectivity index (χ3v) is 3.73. The van der Waals surface area contributed by atoms with Crippen LogP contribution in [-0.4, -0.2) is 16.8 Å². The Labute approximate surface area is 137 Å². The molecule has 1 aliphatic heterocycles. The second kappa shape index (κ2) is 5.78. The molecule has 0 spiro atoms. The number of hydrogen-bond donors (Lipinski definition) is 1. The summed E-state index contributed by atoms with van der Waals surface area (Å²) in [4.78, 5) is 24.2. The van der Waals surface area contributed by atoms with Crippen LogP contribution in [0.25, 0.3) is 17.4 Å². The molecule has 0 saturated carbocycles. The molecule has 2 heterocycles. The van der Waals surface area contributed by atoms with Gasteiger partial charge in [0, 0.05) is 22.4 Å². The summed E-state index contributed by atoms with van der Waals surface area (Å²) >= 11 is 5.86. The topological polar surface area (TPSA) is 76.5 Å². The van der Waals surface area contributed by atoms with Gasteiger partial charge in [-0.1, -0.05) is 11.6 Å². The van der Waals surface area contributed by atoms with Crippen LogP contribution in [0.2, 0.25) is 5.02 Å². The van der Waals surface area contributed by atoms with E-state index in [1.54, 1.807) is 37.3 Å². The summed E-state index contributed by atoms with van der Waals surface area (Å²) in [5, 5.41) is 0.645. The highest BCUT2D eigenvalue weighted by Crippen LogP contribution is 2.28. The van der Waals surface area contributed by atoms with E-state index in [9.17, 15) is 9.59 Å². The van der Waals surface area contributed by atoms with Crippen LogP contribution >= 0.6 is 11.6 Å². The Morgan fingerprint density at radius 1 is 1.22 bits per heavy atom. The van der Waals surface area contributed by atoms with Crippen LogP contribution in [0, 0.1) is 0 Å². The van der Waals surface area contributed by atoms with Gasteiger partial charge < -0.3 is 10.2 Å². The van der Waals surface area contributed by atoms with E-state index in [1.165, 1.54) is 6.20 Å². The Bertz CT molecular complexity index is 847. The van der Waals surface area contributed by atoms with Crippen LogP contribution in [0.3, 0.4) is 0 Å². The molecule has 0 radical (unpaired) electrons. The first-order chi connectivity index (χ1) is 11.0. The lowest BCUT2D eigenvalue weighted by molar-refractivity contribution is -0.121. The zero-order valence-electron chi connectivity index (χ0n) is 12.2. The van der Waals surface area contributed by atoms with Crippen molar-refractivity contribution in [2.75, 3.05) is 0 Å². The van der Waals surface area contributed by atoms with Gasteiger partial charge in [0.15, 0.2) is 0 Å². The van der Waals surface area contributed by atoms with Gasteiger partial charge in [-0.3, -0.25) is 4.79 Å². The van der Waals surface area contributed by atoms with E-state index in [1.807, 2.05) is 12.1 Å². The molecule has 23 heavy (non-hydrogen) atoms. The van der Waals surface area contributed by atoms with Gasteiger partial charge in [-0.2, -0.15) is 0 Å². The lowest BCUT2D eigenvalue weighted by atomic mass is 10.1. The van der Waals surface area contributed by atoms with E-state index in [0.717, 1.165) is 10.5 Å². The maximum absolute atomic E-state index is 12.1. The van der Waals surface area contributed by atoms with Gasteiger partial charge in [-0.05, 0) is 55.0 Å². The lowest BCUT2D eigenvalue weighted by Gasteiger charge is -2.06. The number of hydrogen-bond acceptors (Lipinski definition) is 3. The second-order valence-corrected chi connectivity index (χ2v) is 5.53. The van der Waals surface area contributed by atoms with E-state index < -0.39 is 11.9 Å². The number of rotatable bonds is 2. The van der Waals surface area contributed by atoms with Gasteiger partial charge in [-0.15, -0.1) is 0 Å². The minimum atomic E-state index is -0.806. The molecule has 5 nitrogen and oxygen atoms in total. The highest BCUT2D eigenvalue weighted by Gasteiger charge is 2.29. The molecule has 116 valence electrons. The standard InChI is InChI=1S/C17H13ClN2O3/c1-10-9-20(17(19)22)16(21)14(10)8-13-6-7-15(23-13)11-2-4-12(18)5-3-11/h2-9H,1H3,(H2,19,22). The average molecular weight is 329 g/mol. The molecule has 0 atom stereocenters. The number of halogens is 1. The third kappa shape index (κ3) is 2.91. The van der Waals surface area contributed by atoms with Crippen molar-refractivity contribution < 1.29 is 14.0 Å². The Morgan fingerprint density at radius 2 is 1.91 bits per heavy atom. The molecule has 3 amide bonds. The van der Waals surface area contributed by atoms with E-state index in [0.29, 0.717) is 27.7 Å². The maximum Gasteiger partial charge on any atom is 0.325 e. The molecule has 6 heteroatoms. The van der Waals surface area contributed by atoms with Crippen molar-refractivity contribution in [2.24, 2.45) is 5.73 Å². The Balaban J connectivity index is 1.90. The number of primary amides is 1. The molecule has 0 fully saturated rings. The number of nitrogens with zero attached hydrogens (tertiary/aromatic N) is 1. The zero-order valence-corrected chi connectivity index (χ0v) is 13.0. The van der Waals surface area contributed by atoms with Crippen molar-refractivity contribution in [3.05, 3.63) is 64.5 Å². The highest BCUT2D eigenvalue weighted by molar-refractivity contribution is 6.30. The van der Waals surface area contributed by atoms with Crippen molar-refractivity contribution >= 4 is 29.6 Å². The Morgan fingerprint density at radius 3 is 2.52 bits per heavy atom. The molecule has 0 bridgehead atoms. The first kappa shape index (κ1) is 15.1. The first-order valence-corrected chi connectivity index (χ1v) is 7.23. The van der Waals surface area contributed by atoms with Crippen molar-refractivity contribution in [3.63, 3.8) is 0 Å². The zero-order chi connectivity index (χ0) is 16.6. The molecule has 3 rings (SSSR count). The molecule has 2 aromatic rings. The van der Waals surface area contributed by atoms with Crippen LogP contribution in [0.4, 0.5) is 4.79 Å². The van der Waals surface area contributed by atoms with E-state index >= 15 is 0 Å². The minimum Gasteiger partial charge on any atom is -0.457 e. The maximum atomic E-state index is 12.1. The normalized spacial score (nSPS) is 16.1. The summed E-state index contributed by atoms with van der Waals surface area (Å²) in [5.41, 5.74) is 7.06. The number of amides is 3. The summed E-state index contributed by atoms with van der Waals surface area (Å²) in [6.07, 6.45) is 3.01. The van der Waals surface area contributed by atoms with E-state index in [2.05, 4.69) is 0 Å². The average Bonchev–Trinajstić information content (AvgIpc) is 3.08. The molecule has 1 aromatic carbocycles. The van der Waals surface area contributed by atoms with Crippen LogP contribution < -0.4 is 5.73 Å². The molecule has 0 saturated heterocycles. The minimum absolute atomic E-state index is 0.376. The van der Waals surface area contributed by atoms with Gasteiger partial charge in [0.2, 0.25) is 0 Å². The monoisotopic (exact) mass is 328 g/mol. The van der Waals surface area contributed by atoms with Crippen LogP contribution in [-0.2, 0) is 4.79 Å². The Hall–Kier alpha value is -2.79. The number of imide groups is 1. The quantitative estimate of drug-likeness (QED) is 0.852. The fourth-order valence-electron chi connectivity index (χ4n) is 2.30. The van der Waals surface area contributed by atoms with Gasteiger partial charge >= 0.3 is 6.03 Å². The number of carbonyl (C=O) groups is 2. The summed E-state index contributed by atoms with van der Waals surface area (Å²) in [6.45, 7) is 1.73. The van der Waals surface area contributed by atoms with E-state index in [4.69, 9.17) is 21.8 Å². The number of carbonyl (C=O) groups excluding carboxylic acids is 2. The number of nitrogens with two attached hydrogens (primary N) is 1. The molecule has 0 unspecified atom stereocenters. The van der Waals surface area contributed by atoms with Crippen LogP contribution in [0.5, 0.6) is 0 Å². The molecule has 0 aliphatic carbocycles. The summed E-state index contributed by atoms with van der Waals surface area (Å²) in [7, 11) is 0. The number of furan rings is 1. The highest BCUT2D eigenvalue weighted by atomic mass is 35.5. The van der Waals surface area contributed by atoms with Crippen molar-refractivity contribution in [1.82, 2.24) is 4.90 Å². The van der Waals surface area contributed by atoms with Crippen LogP contribution in [0.15, 0.2) is 58.2 Å². The fourth-order valence-corrected chi connectivity index (χ4v) is 2.43. The fraction of sp³-hybridized carbons (Fsp3) is 0.0588. The van der Waals surface area contributed by atoms with Gasteiger partial charge in [0.1, 0.15) is 11.5 Å². The molecule has 2 N–H and O–H groups in total. The van der Waals surface area contributed by atoms with Crippen molar-refractivity contribution in [2.45, 2.75) is 6.92 Å². The largest absolute Gasteiger partial charge is 0.457 e. The van der Waals surface area contributed by atoms with Crippen LogP contribution in [0.1, 0.15) is 12.7 Å². The van der Waals surface area contributed by atoms with E-state index in [-0.39, 0.29) is 0 Å². The predicted molar refractivity (Wildman–Crippen MR) is 87.3 cm³/mol. The van der Waals surface area contributed by atoms with Gasteiger partial charge in [0.25, 0.3) is 5.91 Å². The summed E-state index contributed by atoms with van der Waals surface area (Å²) in [6, 6.07) is 9.99. The smallest absolute Gasteiger partial charge is 0.325 e. The van der Waals surface area contributed by atoms with Crippen molar-refractivity contribution in [3.8, 4) is 11.3 Å². The Kier molecular flexibility index (Phi) is 3.80. The molecular formula is C17H13ClN2O3. The van der Waals surface area contributed by atoms with Gasteiger partial charge in [0.05, 0.1) is 0 Å². The third-order valence-electron chi connectivity index (χ3n) is 3.48. The molecular weight excluding hydrogens is 316 g/mol. The number of benzene rings is 1. The number of urea groups is 1. The van der Waals surface area contributed by atoms with Gasteiger partial charge in [-0.25, -0.2) is 9.69 Å². The summed E-state index contributed by atoms with van der Waals surface area (Å²) < 4.78 is 5.73. The predicted octanol–water partition coefficient (Wildman–Crippen LogP) is 3.81. The van der Waals surface area contributed by atoms with Crippen molar-refractivity contribution in [1.29, 1.82) is 0 Å². The second-order valence-electron chi connectivity index (χ2n) is 5.09. The lowest BCUT2D eigenvalue weighted by Crippen LogP contribution is -2.33. The summed E-state index contributed by atoms with van der Waals surface area (Å²) in [5.74, 6) is 0.712. The molecule has 1 aliphatic rings.